The normalized spacial score (nSPS) is 15.2. The summed E-state index contributed by atoms with van der Waals surface area (Å²) in [5.74, 6) is 0.464. The standard InChI is InChI=1S/C12H13N5O5/c1-7-13-8-6-9(16(18)19)11(15-2-4-22-5-3-15)12(17(20)21)10(8)14-7/h6H,2-5H2,1H3,(H,13,14). The van der Waals surface area contributed by atoms with Gasteiger partial charge < -0.3 is 14.6 Å². The molecule has 0 spiro atoms. The molecule has 1 aliphatic rings. The number of ether oxygens (including phenoxy) is 1. The van der Waals surface area contributed by atoms with E-state index in [0.29, 0.717) is 32.1 Å². The van der Waals surface area contributed by atoms with Gasteiger partial charge in [0.25, 0.3) is 0 Å². The summed E-state index contributed by atoms with van der Waals surface area (Å²) in [7, 11) is 0. The zero-order chi connectivity index (χ0) is 15.9. The Morgan fingerprint density at radius 3 is 2.55 bits per heavy atom. The number of aryl methyl sites for hydroxylation is 1. The summed E-state index contributed by atoms with van der Waals surface area (Å²) < 4.78 is 5.21. The number of nitro groups is 2. The molecule has 1 saturated heterocycles. The highest BCUT2D eigenvalue weighted by Crippen LogP contribution is 2.42. The molecular formula is C12H13N5O5. The molecule has 1 aromatic carbocycles. The zero-order valence-electron chi connectivity index (χ0n) is 11.7. The van der Waals surface area contributed by atoms with Gasteiger partial charge in [-0.15, -0.1) is 0 Å². The fourth-order valence-electron chi connectivity index (χ4n) is 2.64. The van der Waals surface area contributed by atoms with Gasteiger partial charge in [0.2, 0.25) is 0 Å². The van der Waals surface area contributed by atoms with Crippen LogP contribution in [0.1, 0.15) is 5.82 Å². The van der Waals surface area contributed by atoms with Crippen LogP contribution in [0.2, 0.25) is 0 Å². The van der Waals surface area contributed by atoms with Gasteiger partial charge in [0, 0.05) is 19.2 Å². The number of nitro benzene ring substituents is 2. The highest BCUT2D eigenvalue weighted by atomic mass is 16.6. The molecule has 0 radical (unpaired) electrons. The Balaban J connectivity index is 2.33. The number of anilines is 1. The van der Waals surface area contributed by atoms with Crippen LogP contribution in [0.4, 0.5) is 17.1 Å². The molecule has 1 aromatic heterocycles. The highest BCUT2D eigenvalue weighted by molar-refractivity contribution is 5.97. The Morgan fingerprint density at radius 2 is 1.95 bits per heavy atom. The molecule has 22 heavy (non-hydrogen) atoms. The minimum Gasteiger partial charge on any atom is -0.378 e. The van der Waals surface area contributed by atoms with Crippen molar-refractivity contribution in [3.05, 3.63) is 32.1 Å². The Kier molecular flexibility index (Phi) is 3.37. The molecule has 3 rings (SSSR count). The summed E-state index contributed by atoms with van der Waals surface area (Å²) in [5, 5.41) is 22.9. The Morgan fingerprint density at radius 1 is 1.27 bits per heavy atom. The lowest BCUT2D eigenvalue weighted by Crippen LogP contribution is -2.37. The van der Waals surface area contributed by atoms with E-state index in [1.165, 1.54) is 6.07 Å². The van der Waals surface area contributed by atoms with Crippen LogP contribution < -0.4 is 4.90 Å². The number of aromatic amines is 1. The number of H-pyrrole nitrogens is 1. The predicted octanol–water partition coefficient (Wildman–Crippen LogP) is 1.52. The number of nitrogens with zero attached hydrogens (tertiary/aromatic N) is 4. The van der Waals surface area contributed by atoms with Gasteiger partial charge in [-0.25, -0.2) is 4.98 Å². The van der Waals surface area contributed by atoms with Crippen molar-refractivity contribution >= 4 is 28.1 Å². The van der Waals surface area contributed by atoms with E-state index in [1.807, 2.05) is 0 Å². The zero-order valence-corrected chi connectivity index (χ0v) is 11.7. The summed E-state index contributed by atoms with van der Waals surface area (Å²) in [6, 6.07) is 1.30. The smallest absolute Gasteiger partial charge is 0.327 e. The Hall–Kier alpha value is -2.75. The van der Waals surface area contributed by atoms with Crippen molar-refractivity contribution in [2.75, 3.05) is 31.2 Å². The molecule has 0 amide bonds. The average molecular weight is 307 g/mol. The van der Waals surface area contributed by atoms with Crippen molar-refractivity contribution < 1.29 is 14.6 Å². The van der Waals surface area contributed by atoms with Gasteiger partial charge in [0.1, 0.15) is 5.82 Å². The summed E-state index contributed by atoms with van der Waals surface area (Å²) in [6.45, 7) is 3.09. The van der Waals surface area contributed by atoms with Gasteiger partial charge in [0.05, 0.1) is 28.6 Å². The monoisotopic (exact) mass is 307 g/mol. The SMILES string of the molecule is Cc1nc2c([N+](=O)[O-])c(N3CCOCC3)c([N+](=O)[O-])cc2[nH]1. The van der Waals surface area contributed by atoms with Crippen molar-refractivity contribution in [1.29, 1.82) is 0 Å². The lowest BCUT2D eigenvalue weighted by atomic mass is 10.1. The molecule has 1 fully saturated rings. The van der Waals surface area contributed by atoms with E-state index in [0.717, 1.165) is 0 Å². The lowest BCUT2D eigenvalue weighted by Gasteiger charge is -2.28. The first-order chi connectivity index (χ1) is 10.5. The minimum absolute atomic E-state index is 0.00250. The minimum atomic E-state index is -0.611. The van der Waals surface area contributed by atoms with Crippen molar-refractivity contribution in [2.24, 2.45) is 0 Å². The number of hydrogen-bond acceptors (Lipinski definition) is 7. The lowest BCUT2D eigenvalue weighted by molar-refractivity contribution is -0.391. The van der Waals surface area contributed by atoms with Crippen LogP contribution in [0.15, 0.2) is 6.07 Å². The number of hydrogen-bond donors (Lipinski definition) is 1. The third kappa shape index (κ3) is 2.22. The highest BCUT2D eigenvalue weighted by Gasteiger charge is 2.35. The predicted molar refractivity (Wildman–Crippen MR) is 77.2 cm³/mol. The maximum atomic E-state index is 11.5. The van der Waals surface area contributed by atoms with Crippen molar-refractivity contribution in [1.82, 2.24) is 9.97 Å². The number of rotatable bonds is 3. The molecule has 2 heterocycles. The van der Waals surface area contributed by atoms with Gasteiger partial charge in [-0.05, 0) is 6.92 Å². The van der Waals surface area contributed by atoms with E-state index in [2.05, 4.69) is 9.97 Å². The molecule has 0 aliphatic carbocycles. The first kappa shape index (κ1) is 14.2. The first-order valence-electron chi connectivity index (χ1n) is 6.64. The topological polar surface area (TPSA) is 127 Å². The molecule has 116 valence electrons. The van der Waals surface area contributed by atoms with Crippen LogP contribution in [-0.4, -0.2) is 46.1 Å². The van der Waals surface area contributed by atoms with Gasteiger partial charge in [-0.2, -0.15) is 0 Å². The molecule has 10 nitrogen and oxygen atoms in total. The number of aromatic nitrogens is 2. The molecular weight excluding hydrogens is 294 g/mol. The second-order valence-corrected chi connectivity index (χ2v) is 4.92. The third-order valence-corrected chi connectivity index (χ3v) is 3.53. The van der Waals surface area contributed by atoms with Crippen LogP contribution in [0.25, 0.3) is 11.0 Å². The Bertz CT molecular complexity index is 765. The van der Waals surface area contributed by atoms with E-state index in [4.69, 9.17) is 4.74 Å². The molecule has 0 bridgehead atoms. The fourth-order valence-corrected chi connectivity index (χ4v) is 2.64. The summed E-state index contributed by atoms with van der Waals surface area (Å²) in [6.07, 6.45) is 0. The number of nitrogens with one attached hydrogen (secondary N) is 1. The van der Waals surface area contributed by atoms with E-state index in [9.17, 15) is 20.2 Å². The molecule has 2 aromatic rings. The van der Waals surface area contributed by atoms with Gasteiger partial charge in [-0.1, -0.05) is 0 Å². The van der Waals surface area contributed by atoms with E-state index in [1.54, 1.807) is 11.8 Å². The first-order valence-corrected chi connectivity index (χ1v) is 6.64. The van der Waals surface area contributed by atoms with Crippen LogP contribution >= 0.6 is 0 Å². The van der Waals surface area contributed by atoms with Crippen LogP contribution in [0, 0.1) is 27.2 Å². The van der Waals surface area contributed by atoms with Crippen LogP contribution in [0.5, 0.6) is 0 Å². The number of fused-ring (bicyclic) bond motifs is 1. The molecule has 1 aliphatic heterocycles. The fraction of sp³-hybridized carbons (Fsp3) is 0.417. The molecule has 1 N–H and O–H groups in total. The Labute approximate surface area is 124 Å². The van der Waals surface area contributed by atoms with E-state index < -0.39 is 9.85 Å². The van der Waals surface area contributed by atoms with Crippen molar-refractivity contribution in [3.8, 4) is 0 Å². The number of imidazole rings is 1. The van der Waals surface area contributed by atoms with Crippen molar-refractivity contribution in [3.63, 3.8) is 0 Å². The molecule has 0 atom stereocenters. The van der Waals surface area contributed by atoms with E-state index in [-0.39, 0.29) is 28.1 Å². The van der Waals surface area contributed by atoms with Gasteiger partial charge in [-0.3, -0.25) is 20.2 Å². The second kappa shape index (κ2) is 5.22. The quantitative estimate of drug-likeness (QED) is 0.672. The second-order valence-electron chi connectivity index (χ2n) is 4.92. The van der Waals surface area contributed by atoms with Crippen LogP contribution in [0.3, 0.4) is 0 Å². The third-order valence-electron chi connectivity index (χ3n) is 3.53. The summed E-state index contributed by atoms with van der Waals surface area (Å²) >= 11 is 0. The molecule has 0 saturated carbocycles. The molecule has 10 heteroatoms. The van der Waals surface area contributed by atoms with E-state index >= 15 is 0 Å². The van der Waals surface area contributed by atoms with Crippen LogP contribution in [-0.2, 0) is 4.74 Å². The molecule has 0 unspecified atom stereocenters. The van der Waals surface area contributed by atoms with Gasteiger partial charge >= 0.3 is 11.4 Å². The summed E-state index contributed by atoms with van der Waals surface area (Å²) in [4.78, 5) is 30.2. The maximum absolute atomic E-state index is 11.5. The summed E-state index contributed by atoms with van der Waals surface area (Å²) in [5.41, 5.74) is -0.222. The van der Waals surface area contributed by atoms with Crippen molar-refractivity contribution in [2.45, 2.75) is 6.92 Å². The van der Waals surface area contributed by atoms with Gasteiger partial charge in [0.15, 0.2) is 11.2 Å². The average Bonchev–Trinajstić information content (AvgIpc) is 2.85. The number of benzene rings is 1. The maximum Gasteiger partial charge on any atom is 0.327 e. The largest absolute Gasteiger partial charge is 0.378 e. The number of morpholine rings is 1.